The van der Waals surface area contributed by atoms with E-state index in [2.05, 4.69) is 4.99 Å². The van der Waals surface area contributed by atoms with Crippen molar-refractivity contribution in [3.05, 3.63) is 12.2 Å². The minimum Gasteiger partial charge on any atom is -0.479 e. The van der Waals surface area contributed by atoms with E-state index in [1.807, 2.05) is 5.43 Å². The van der Waals surface area contributed by atoms with Crippen molar-refractivity contribution in [2.75, 3.05) is 6.54 Å². The second-order valence-corrected chi connectivity index (χ2v) is 2.11. The Labute approximate surface area is 75.3 Å². The van der Waals surface area contributed by atoms with Crippen LogP contribution in [-0.2, 0) is 4.79 Å². The number of carbonyl (C=O) groups is 1. The highest BCUT2D eigenvalue weighted by atomic mass is 16.4. The summed E-state index contributed by atoms with van der Waals surface area (Å²) in [6, 6.07) is -1.06. The van der Waals surface area contributed by atoms with Gasteiger partial charge in [0.1, 0.15) is 0 Å². The molecule has 0 aliphatic heterocycles. The van der Waals surface area contributed by atoms with Crippen LogP contribution in [0.4, 0.5) is 0 Å². The molecule has 0 saturated carbocycles. The summed E-state index contributed by atoms with van der Waals surface area (Å²) < 4.78 is 0. The normalized spacial score (nSPS) is 14.5. The van der Waals surface area contributed by atoms with Crippen molar-refractivity contribution in [1.82, 2.24) is 5.43 Å². The molecule has 0 fully saturated rings. The Kier molecular flexibility index (Phi) is 5.24. The standard InChI is InChI=1S/C6H13N5O2/c7-3-1-2-4(5(12)13)10-6(8)11-9/h1-2,4H,3,7,9H2,(H,12,13)(H3,8,10,11). The molecule has 7 heteroatoms. The van der Waals surface area contributed by atoms with Crippen molar-refractivity contribution in [2.24, 2.45) is 22.3 Å². The number of aliphatic imine (C=N–C) groups is 1. The van der Waals surface area contributed by atoms with Crippen LogP contribution >= 0.6 is 0 Å². The van der Waals surface area contributed by atoms with Gasteiger partial charge in [-0.3, -0.25) is 5.43 Å². The molecule has 1 unspecified atom stereocenters. The molecule has 13 heavy (non-hydrogen) atoms. The fraction of sp³-hybridized carbons (Fsp3) is 0.333. The molecule has 0 aromatic carbocycles. The first-order valence-electron chi connectivity index (χ1n) is 3.51. The summed E-state index contributed by atoms with van der Waals surface area (Å²) in [5.74, 6) is 3.63. The lowest BCUT2D eigenvalue weighted by atomic mass is 10.3. The van der Waals surface area contributed by atoms with Gasteiger partial charge in [0, 0.05) is 6.54 Å². The van der Waals surface area contributed by atoms with E-state index in [9.17, 15) is 4.79 Å². The predicted molar refractivity (Wildman–Crippen MR) is 48.6 cm³/mol. The molecular formula is C6H13N5O2. The molecule has 0 saturated heterocycles. The molecule has 0 heterocycles. The van der Waals surface area contributed by atoms with E-state index in [1.54, 1.807) is 0 Å². The minimum atomic E-state index is -1.12. The van der Waals surface area contributed by atoms with E-state index >= 15 is 0 Å². The summed E-state index contributed by atoms with van der Waals surface area (Å²) in [4.78, 5) is 14.1. The van der Waals surface area contributed by atoms with Crippen LogP contribution in [0.15, 0.2) is 17.1 Å². The third kappa shape index (κ3) is 4.77. The average Bonchev–Trinajstić information content (AvgIpc) is 2.11. The Morgan fingerprint density at radius 1 is 1.69 bits per heavy atom. The molecule has 0 radical (unpaired) electrons. The Hall–Kier alpha value is -1.60. The van der Waals surface area contributed by atoms with Gasteiger partial charge in [-0.25, -0.2) is 15.6 Å². The molecule has 0 bridgehead atoms. The number of hydrogen-bond donors (Lipinski definition) is 5. The van der Waals surface area contributed by atoms with Gasteiger partial charge in [-0.2, -0.15) is 0 Å². The van der Waals surface area contributed by atoms with E-state index in [0.717, 1.165) is 0 Å². The van der Waals surface area contributed by atoms with E-state index < -0.39 is 12.0 Å². The van der Waals surface area contributed by atoms with Crippen LogP contribution < -0.4 is 22.7 Å². The summed E-state index contributed by atoms with van der Waals surface area (Å²) in [6.45, 7) is 0.245. The zero-order chi connectivity index (χ0) is 10.3. The summed E-state index contributed by atoms with van der Waals surface area (Å²) >= 11 is 0. The van der Waals surface area contributed by atoms with Crippen LogP contribution in [0.2, 0.25) is 0 Å². The fourth-order valence-electron chi connectivity index (χ4n) is 0.575. The zero-order valence-electron chi connectivity index (χ0n) is 6.97. The van der Waals surface area contributed by atoms with Crippen LogP contribution in [0.1, 0.15) is 0 Å². The van der Waals surface area contributed by atoms with Crippen molar-refractivity contribution in [3.8, 4) is 0 Å². The highest BCUT2D eigenvalue weighted by Gasteiger charge is 2.11. The lowest BCUT2D eigenvalue weighted by Gasteiger charge is -2.03. The number of nitrogens with one attached hydrogen (secondary N) is 1. The van der Waals surface area contributed by atoms with Gasteiger partial charge in [0.15, 0.2) is 6.04 Å². The monoisotopic (exact) mass is 187 g/mol. The third-order valence-corrected chi connectivity index (χ3v) is 1.13. The maximum atomic E-state index is 10.5. The summed E-state index contributed by atoms with van der Waals surface area (Å²) in [5.41, 5.74) is 12.3. The van der Waals surface area contributed by atoms with E-state index in [0.29, 0.717) is 0 Å². The van der Waals surface area contributed by atoms with Crippen LogP contribution in [0.3, 0.4) is 0 Å². The van der Waals surface area contributed by atoms with Crippen molar-refractivity contribution >= 4 is 11.9 Å². The largest absolute Gasteiger partial charge is 0.479 e. The van der Waals surface area contributed by atoms with E-state index in [-0.39, 0.29) is 12.5 Å². The van der Waals surface area contributed by atoms with Gasteiger partial charge in [0.2, 0.25) is 5.96 Å². The SMILES string of the molecule is NCC=CC(N=C(N)NN)C(=O)O. The minimum absolute atomic E-state index is 0.144. The molecule has 1 atom stereocenters. The molecule has 8 N–H and O–H groups in total. The summed E-state index contributed by atoms with van der Waals surface area (Å²) in [6.07, 6.45) is 2.80. The number of nitrogens with zero attached hydrogens (tertiary/aromatic N) is 1. The number of carboxylic acid groups (broad SMARTS) is 1. The summed E-state index contributed by atoms with van der Waals surface area (Å²) in [5, 5.41) is 8.62. The van der Waals surface area contributed by atoms with Gasteiger partial charge >= 0.3 is 5.97 Å². The molecule has 0 aliphatic rings. The molecular weight excluding hydrogens is 174 g/mol. The first-order chi connectivity index (χ1) is 6.11. The molecule has 0 spiro atoms. The molecule has 0 rings (SSSR count). The first kappa shape index (κ1) is 11.4. The van der Waals surface area contributed by atoms with Crippen molar-refractivity contribution in [3.63, 3.8) is 0 Å². The Morgan fingerprint density at radius 3 is 2.69 bits per heavy atom. The van der Waals surface area contributed by atoms with Gasteiger partial charge in [-0.1, -0.05) is 12.2 Å². The van der Waals surface area contributed by atoms with Crippen LogP contribution in [0.5, 0.6) is 0 Å². The maximum Gasteiger partial charge on any atom is 0.332 e. The van der Waals surface area contributed by atoms with Crippen LogP contribution in [-0.4, -0.2) is 29.6 Å². The lowest BCUT2D eigenvalue weighted by Crippen LogP contribution is -2.38. The van der Waals surface area contributed by atoms with E-state index in [1.165, 1.54) is 12.2 Å². The molecule has 0 aliphatic carbocycles. The highest BCUT2D eigenvalue weighted by molar-refractivity contribution is 5.83. The average molecular weight is 187 g/mol. The number of hydrogen-bond acceptors (Lipinski definition) is 4. The maximum absolute atomic E-state index is 10.5. The van der Waals surface area contributed by atoms with Gasteiger partial charge < -0.3 is 16.6 Å². The molecule has 7 nitrogen and oxygen atoms in total. The zero-order valence-corrected chi connectivity index (χ0v) is 6.97. The van der Waals surface area contributed by atoms with Gasteiger partial charge in [-0.05, 0) is 0 Å². The van der Waals surface area contributed by atoms with Crippen molar-refractivity contribution in [1.29, 1.82) is 0 Å². The van der Waals surface area contributed by atoms with Crippen molar-refractivity contribution in [2.45, 2.75) is 6.04 Å². The number of hydrazine groups is 1. The summed E-state index contributed by atoms with van der Waals surface area (Å²) in [7, 11) is 0. The van der Waals surface area contributed by atoms with Gasteiger partial charge in [-0.15, -0.1) is 0 Å². The number of nitrogens with two attached hydrogens (primary N) is 3. The van der Waals surface area contributed by atoms with Crippen LogP contribution in [0, 0.1) is 0 Å². The van der Waals surface area contributed by atoms with Crippen molar-refractivity contribution < 1.29 is 9.90 Å². The van der Waals surface area contributed by atoms with E-state index in [4.69, 9.17) is 22.4 Å². The molecule has 74 valence electrons. The Morgan fingerprint density at radius 2 is 2.31 bits per heavy atom. The molecule has 0 aromatic rings. The molecule has 0 aromatic heterocycles. The third-order valence-electron chi connectivity index (χ3n) is 1.13. The fourth-order valence-corrected chi connectivity index (χ4v) is 0.575. The highest BCUT2D eigenvalue weighted by Crippen LogP contribution is 1.93. The number of aliphatic carboxylic acids is 1. The second kappa shape index (κ2) is 5.98. The lowest BCUT2D eigenvalue weighted by molar-refractivity contribution is -0.137. The predicted octanol–water partition coefficient (Wildman–Crippen LogP) is -2.27. The van der Waals surface area contributed by atoms with Gasteiger partial charge in [0.25, 0.3) is 0 Å². The first-order valence-corrected chi connectivity index (χ1v) is 3.51. The number of carboxylic acids is 1. The molecule has 0 amide bonds. The second-order valence-electron chi connectivity index (χ2n) is 2.11. The smallest absolute Gasteiger partial charge is 0.332 e. The number of guanidine groups is 1. The topological polar surface area (TPSA) is 140 Å². The number of rotatable bonds is 4. The quantitative estimate of drug-likeness (QED) is 0.110. The Bertz CT molecular complexity index is 225. The van der Waals surface area contributed by atoms with Gasteiger partial charge in [0.05, 0.1) is 0 Å². The van der Waals surface area contributed by atoms with Crippen LogP contribution in [0.25, 0.3) is 0 Å². The Balaban J connectivity index is 4.43.